The lowest BCUT2D eigenvalue weighted by Gasteiger charge is -2.28. The zero-order valence-electron chi connectivity index (χ0n) is 13.6. The quantitative estimate of drug-likeness (QED) is 0.918. The van der Waals surface area contributed by atoms with Gasteiger partial charge in [-0.2, -0.15) is 0 Å². The van der Waals surface area contributed by atoms with Crippen LogP contribution >= 0.6 is 0 Å². The molecule has 0 spiro atoms. The van der Waals surface area contributed by atoms with E-state index in [2.05, 4.69) is 4.98 Å². The number of aromatic nitrogens is 1. The van der Waals surface area contributed by atoms with Gasteiger partial charge in [-0.3, -0.25) is 14.6 Å². The monoisotopic (exact) mass is 324 g/mol. The van der Waals surface area contributed by atoms with Gasteiger partial charge in [-0.05, 0) is 30.2 Å². The van der Waals surface area contributed by atoms with Crippen molar-refractivity contribution in [2.24, 2.45) is 5.92 Å². The summed E-state index contributed by atoms with van der Waals surface area (Å²) in [5.74, 6) is -1.73. The molecule has 0 saturated carbocycles. The van der Waals surface area contributed by atoms with Crippen LogP contribution in [-0.2, 0) is 16.0 Å². The number of carboxylic acid groups (broad SMARTS) is 1. The van der Waals surface area contributed by atoms with Crippen LogP contribution in [0.2, 0.25) is 0 Å². The van der Waals surface area contributed by atoms with Crippen molar-refractivity contribution in [3.63, 3.8) is 0 Å². The summed E-state index contributed by atoms with van der Waals surface area (Å²) < 4.78 is 0. The van der Waals surface area contributed by atoms with Gasteiger partial charge in [0.2, 0.25) is 5.91 Å². The molecule has 1 aromatic carbocycles. The number of hydrogen-bond donors (Lipinski definition) is 1. The standard InChI is InChI=1S/C19H20N2O3/c1-13-6-2-3-8-15(13)18-16(19(23)24)12-17(22)21(18)11-9-14-7-4-5-10-20-14/h2-8,10,16,18H,9,11-12H2,1H3,(H,23,24)/t16-,18-/m1/s1. The largest absolute Gasteiger partial charge is 0.481 e. The lowest BCUT2D eigenvalue weighted by molar-refractivity contribution is -0.142. The first-order valence-corrected chi connectivity index (χ1v) is 8.05. The fourth-order valence-corrected chi connectivity index (χ4v) is 3.36. The Morgan fingerprint density at radius 3 is 2.67 bits per heavy atom. The van der Waals surface area contributed by atoms with Crippen LogP contribution in [-0.4, -0.2) is 33.4 Å². The number of carboxylic acids is 1. The third kappa shape index (κ3) is 3.15. The minimum absolute atomic E-state index is 0.0521. The van der Waals surface area contributed by atoms with E-state index in [1.165, 1.54) is 0 Å². The molecule has 1 N–H and O–H groups in total. The van der Waals surface area contributed by atoms with Crippen LogP contribution < -0.4 is 0 Å². The number of benzene rings is 1. The highest BCUT2D eigenvalue weighted by Gasteiger charge is 2.44. The number of likely N-dealkylation sites (tertiary alicyclic amines) is 1. The molecule has 5 nitrogen and oxygen atoms in total. The second-order valence-corrected chi connectivity index (χ2v) is 6.11. The first kappa shape index (κ1) is 16.2. The van der Waals surface area contributed by atoms with Crippen molar-refractivity contribution in [2.75, 3.05) is 6.54 Å². The highest BCUT2D eigenvalue weighted by molar-refractivity contribution is 5.87. The van der Waals surface area contributed by atoms with Crippen LogP contribution in [0.25, 0.3) is 0 Å². The number of carbonyl (C=O) groups is 2. The highest BCUT2D eigenvalue weighted by atomic mass is 16.4. The van der Waals surface area contributed by atoms with Crippen molar-refractivity contribution >= 4 is 11.9 Å². The van der Waals surface area contributed by atoms with Gasteiger partial charge in [-0.1, -0.05) is 30.3 Å². The van der Waals surface area contributed by atoms with E-state index in [1.807, 2.05) is 49.4 Å². The molecule has 1 aromatic heterocycles. The predicted molar refractivity (Wildman–Crippen MR) is 89.3 cm³/mol. The van der Waals surface area contributed by atoms with E-state index in [0.29, 0.717) is 13.0 Å². The average molecular weight is 324 g/mol. The third-order valence-corrected chi connectivity index (χ3v) is 4.59. The number of aryl methyl sites for hydroxylation is 1. The molecule has 1 saturated heterocycles. The molecule has 2 atom stereocenters. The van der Waals surface area contributed by atoms with Crippen LogP contribution in [0.1, 0.15) is 29.3 Å². The molecule has 0 radical (unpaired) electrons. The van der Waals surface area contributed by atoms with Crippen molar-refractivity contribution in [2.45, 2.75) is 25.8 Å². The summed E-state index contributed by atoms with van der Waals surface area (Å²) in [5, 5.41) is 9.57. The Labute approximate surface area is 140 Å². The number of hydrogen-bond acceptors (Lipinski definition) is 3. The molecule has 1 aliphatic rings. The van der Waals surface area contributed by atoms with E-state index in [1.54, 1.807) is 11.1 Å². The number of carbonyl (C=O) groups excluding carboxylic acids is 1. The van der Waals surface area contributed by atoms with Gasteiger partial charge in [0.15, 0.2) is 0 Å². The van der Waals surface area contributed by atoms with Crippen LogP contribution in [0.3, 0.4) is 0 Å². The van der Waals surface area contributed by atoms with E-state index in [-0.39, 0.29) is 12.3 Å². The van der Waals surface area contributed by atoms with E-state index in [9.17, 15) is 14.7 Å². The molecule has 1 fully saturated rings. The fourth-order valence-electron chi connectivity index (χ4n) is 3.36. The third-order valence-electron chi connectivity index (χ3n) is 4.59. The number of amides is 1. The Morgan fingerprint density at radius 1 is 1.25 bits per heavy atom. The molecule has 24 heavy (non-hydrogen) atoms. The van der Waals surface area contributed by atoms with Gasteiger partial charge in [0.25, 0.3) is 0 Å². The Balaban J connectivity index is 1.88. The second kappa shape index (κ2) is 6.83. The number of pyridine rings is 1. The minimum Gasteiger partial charge on any atom is -0.481 e. The molecule has 0 unspecified atom stereocenters. The molecule has 2 aromatic rings. The summed E-state index contributed by atoms with van der Waals surface area (Å²) >= 11 is 0. The summed E-state index contributed by atoms with van der Waals surface area (Å²) in [7, 11) is 0. The highest BCUT2D eigenvalue weighted by Crippen LogP contribution is 2.39. The Bertz CT molecular complexity index is 745. The van der Waals surface area contributed by atoms with Gasteiger partial charge < -0.3 is 10.0 Å². The molecule has 5 heteroatoms. The average Bonchev–Trinajstić information content (AvgIpc) is 2.91. The zero-order valence-corrected chi connectivity index (χ0v) is 13.6. The van der Waals surface area contributed by atoms with Crippen molar-refractivity contribution in [1.82, 2.24) is 9.88 Å². The summed E-state index contributed by atoms with van der Waals surface area (Å²) in [6.07, 6.45) is 2.39. The van der Waals surface area contributed by atoms with Crippen molar-refractivity contribution in [3.05, 3.63) is 65.5 Å². The number of aliphatic carboxylic acids is 1. The molecular formula is C19H20N2O3. The molecule has 2 heterocycles. The van der Waals surface area contributed by atoms with Crippen LogP contribution in [0.4, 0.5) is 0 Å². The van der Waals surface area contributed by atoms with Crippen LogP contribution in [0, 0.1) is 12.8 Å². The first-order chi connectivity index (χ1) is 11.6. The summed E-state index contributed by atoms with van der Waals surface area (Å²) in [4.78, 5) is 30.1. The van der Waals surface area contributed by atoms with Crippen LogP contribution in [0.15, 0.2) is 48.7 Å². The Morgan fingerprint density at radius 2 is 2.00 bits per heavy atom. The normalized spacial score (nSPS) is 20.4. The second-order valence-electron chi connectivity index (χ2n) is 6.11. The van der Waals surface area contributed by atoms with Crippen molar-refractivity contribution in [3.8, 4) is 0 Å². The zero-order chi connectivity index (χ0) is 17.1. The van der Waals surface area contributed by atoms with Gasteiger partial charge >= 0.3 is 5.97 Å². The fraction of sp³-hybridized carbons (Fsp3) is 0.316. The predicted octanol–water partition coefficient (Wildman–Crippen LogP) is 2.61. The van der Waals surface area contributed by atoms with Crippen molar-refractivity contribution in [1.29, 1.82) is 0 Å². The molecule has 3 rings (SSSR count). The Hall–Kier alpha value is -2.69. The lowest BCUT2D eigenvalue weighted by atomic mass is 9.91. The lowest BCUT2D eigenvalue weighted by Crippen LogP contribution is -2.33. The van der Waals surface area contributed by atoms with Gasteiger partial charge in [0.1, 0.15) is 0 Å². The molecule has 1 amide bonds. The molecule has 0 bridgehead atoms. The van der Waals surface area contributed by atoms with E-state index < -0.39 is 17.9 Å². The molecule has 1 aliphatic heterocycles. The SMILES string of the molecule is Cc1ccccc1[C@@H]1[C@H](C(=O)O)CC(=O)N1CCc1ccccn1. The molecule has 124 valence electrons. The summed E-state index contributed by atoms with van der Waals surface area (Å²) in [6.45, 7) is 2.42. The maximum Gasteiger partial charge on any atom is 0.309 e. The van der Waals surface area contributed by atoms with E-state index in [4.69, 9.17) is 0 Å². The molecule has 0 aliphatic carbocycles. The summed E-state index contributed by atoms with van der Waals surface area (Å²) in [5.41, 5.74) is 2.82. The van der Waals surface area contributed by atoms with Gasteiger partial charge in [0, 0.05) is 31.3 Å². The van der Waals surface area contributed by atoms with E-state index >= 15 is 0 Å². The smallest absolute Gasteiger partial charge is 0.309 e. The molecular weight excluding hydrogens is 304 g/mol. The number of nitrogens with zero attached hydrogens (tertiary/aromatic N) is 2. The Kier molecular flexibility index (Phi) is 4.60. The maximum absolute atomic E-state index is 12.4. The summed E-state index contributed by atoms with van der Waals surface area (Å²) in [6, 6.07) is 12.9. The maximum atomic E-state index is 12.4. The number of rotatable bonds is 5. The van der Waals surface area contributed by atoms with Gasteiger partial charge in [-0.25, -0.2) is 0 Å². The first-order valence-electron chi connectivity index (χ1n) is 8.05. The van der Waals surface area contributed by atoms with Crippen LogP contribution in [0.5, 0.6) is 0 Å². The van der Waals surface area contributed by atoms with Gasteiger partial charge in [-0.15, -0.1) is 0 Å². The van der Waals surface area contributed by atoms with E-state index in [0.717, 1.165) is 16.8 Å². The van der Waals surface area contributed by atoms with Crippen molar-refractivity contribution < 1.29 is 14.7 Å². The minimum atomic E-state index is -0.920. The van der Waals surface area contributed by atoms with Gasteiger partial charge in [0.05, 0.1) is 12.0 Å². The topological polar surface area (TPSA) is 70.5 Å².